The molecule has 2 rings (SSSR count). The number of rotatable bonds is 7. The van der Waals surface area contributed by atoms with Crippen LogP contribution in [0.5, 0.6) is 11.5 Å². The van der Waals surface area contributed by atoms with Crippen LogP contribution in [0.2, 0.25) is 0 Å². The number of esters is 1. The maximum absolute atomic E-state index is 12.1. The summed E-state index contributed by atoms with van der Waals surface area (Å²) in [5, 5.41) is 0. The van der Waals surface area contributed by atoms with Crippen molar-refractivity contribution in [2.45, 2.75) is 6.42 Å². The first-order valence-corrected chi connectivity index (χ1v) is 8.75. The van der Waals surface area contributed by atoms with Crippen LogP contribution in [0.25, 0.3) is 0 Å². The molecule has 0 aliphatic rings. The molecule has 0 atom stereocenters. The standard InChI is InChI=1S/C17H16IO5/c1-21-14-9-8-12(11-16(19)22-2)10-15(14)23-18-17(20)13-6-4-3-5-7-13/h3-10H,11H2,1-2H3/q-1. The molecule has 0 bridgehead atoms. The molecule has 0 spiro atoms. The molecule has 6 heteroatoms. The minimum atomic E-state index is -1.19. The molecule has 0 saturated carbocycles. The summed E-state index contributed by atoms with van der Waals surface area (Å²) in [7, 11) is 2.87. The third-order valence-electron chi connectivity index (χ3n) is 3.00. The first-order valence-electron chi connectivity index (χ1n) is 6.79. The molecule has 2 aromatic carbocycles. The fourth-order valence-corrected chi connectivity index (χ4v) is 3.22. The fraction of sp³-hybridized carbons (Fsp3) is 0.176. The van der Waals surface area contributed by atoms with Gasteiger partial charge < -0.3 is 0 Å². The number of benzene rings is 2. The number of halogens is 1. The summed E-state index contributed by atoms with van der Waals surface area (Å²) in [6.45, 7) is 0. The summed E-state index contributed by atoms with van der Waals surface area (Å²) >= 11 is -1.19. The van der Waals surface area contributed by atoms with Crippen LogP contribution in [0.1, 0.15) is 15.9 Å². The summed E-state index contributed by atoms with van der Waals surface area (Å²) < 4.78 is 15.5. The molecule has 0 aliphatic heterocycles. The van der Waals surface area contributed by atoms with Crippen molar-refractivity contribution in [2.75, 3.05) is 14.2 Å². The van der Waals surface area contributed by atoms with Gasteiger partial charge in [0, 0.05) is 0 Å². The van der Waals surface area contributed by atoms with Crippen LogP contribution in [0.15, 0.2) is 48.5 Å². The molecule has 0 heterocycles. The van der Waals surface area contributed by atoms with Gasteiger partial charge in [-0.25, -0.2) is 0 Å². The minimum absolute atomic E-state index is 0.0233. The topological polar surface area (TPSA) is 61.8 Å². The van der Waals surface area contributed by atoms with E-state index in [9.17, 15) is 9.59 Å². The number of methoxy groups -OCH3 is 2. The molecule has 0 amide bonds. The van der Waals surface area contributed by atoms with Crippen molar-refractivity contribution >= 4 is 9.76 Å². The zero-order valence-corrected chi connectivity index (χ0v) is 14.9. The third kappa shape index (κ3) is 4.95. The molecule has 0 aliphatic carbocycles. The van der Waals surface area contributed by atoms with Gasteiger partial charge in [-0.1, -0.05) is 0 Å². The second-order valence-corrected chi connectivity index (χ2v) is 6.39. The van der Waals surface area contributed by atoms with Gasteiger partial charge in [0.1, 0.15) is 0 Å². The monoisotopic (exact) mass is 427 g/mol. The van der Waals surface area contributed by atoms with Gasteiger partial charge in [0.25, 0.3) is 0 Å². The Balaban J connectivity index is 2.09. The molecule has 0 unspecified atom stereocenters. The van der Waals surface area contributed by atoms with Gasteiger partial charge >= 0.3 is 145 Å². The van der Waals surface area contributed by atoms with Crippen LogP contribution in [-0.2, 0) is 16.0 Å². The third-order valence-corrected chi connectivity index (χ3v) is 4.71. The number of carbonyl (C=O) groups is 2. The van der Waals surface area contributed by atoms with E-state index in [2.05, 4.69) is 4.74 Å². The van der Waals surface area contributed by atoms with Crippen LogP contribution in [0.4, 0.5) is 0 Å². The normalized spacial score (nSPS) is 10.2. The van der Waals surface area contributed by atoms with Crippen LogP contribution < -0.4 is 29.4 Å². The van der Waals surface area contributed by atoms with E-state index in [1.807, 2.05) is 18.2 Å². The quantitative estimate of drug-likeness (QED) is 0.343. The number of hydrogen-bond donors (Lipinski definition) is 0. The average molecular weight is 427 g/mol. The van der Waals surface area contributed by atoms with E-state index in [1.54, 1.807) is 30.3 Å². The zero-order valence-electron chi connectivity index (χ0n) is 12.7. The fourth-order valence-electron chi connectivity index (χ4n) is 1.82. The van der Waals surface area contributed by atoms with Crippen molar-refractivity contribution in [3.63, 3.8) is 0 Å². The van der Waals surface area contributed by atoms with E-state index in [1.165, 1.54) is 14.2 Å². The van der Waals surface area contributed by atoms with E-state index >= 15 is 0 Å². The van der Waals surface area contributed by atoms with Crippen LogP contribution in [-0.4, -0.2) is 24.0 Å². The molecule has 5 nitrogen and oxygen atoms in total. The molecule has 0 radical (unpaired) electrons. The zero-order chi connectivity index (χ0) is 16.7. The molecule has 0 fully saturated rings. The number of carbonyl (C=O) groups excluding carboxylic acids is 2. The van der Waals surface area contributed by atoms with Gasteiger partial charge in [0.2, 0.25) is 0 Å². The summed E-state index contributed by atoms with van der Waals surface area (Å²) in [4.78, 5) is 23.5. The van der Waals surface area contributed by atoms with Crippen LogP contribution in [0, 0.1) is 0 Å². The molecule has 0 N–H and O–H groups in total. The van der Waals surface area contributed by atoms with E-state index < -0.39 is 21.6 Å². The van der Waals surface area contributed by atoms with E-state index in [0.717, 1.165) is 5.56 Å². The van der Waals surface area contributed by atoms with Gasteiger partial charge in [-0.3, -0.25) is 0 Å². The molecular formula is C17H16IO5-. The first-order chi connectivity index (χ1) is 11.1. The molecule has 0 saturated heterocycles. The molecule has 23 heavy (non-hydrogen) atoms. The number of ether oxygens (including phenoxy) is 2. The summed E-state index contributed by atoms with van der Waals surface area (Å²) in [6, 6.07) is 14.2. The Kier molecular flexibility index (Phi) is 6.40. The Morgan fingerprint density at radius 2 is 1.74 bits per heavy atom. The van der Waals surface area contributed by atoms with Crippen molar-refractivity contribution in [3.05, 3.63) is 59.7 Å². The SMILES string of the molecule is COC(=O)Cc1ccc(OC)c(O[I-]C(=O)c2ccccc2)c1. The van der Waals surface area contributed by atoms with E-state index in [4.69, 9.17) is 7.80 Å². The summed E-state index contributed by atoms with van der Waals surface area (Å²) in [6.07, 6.45) is 0.141. The summed E-state index contributed by atoms with van der Waals surface area (Å²) in [5.41, 5.74) is 1.37. The Morgan fingerprint density at radius 1 is 1.00 bits per heavy atom. The van der Waals surface area contributed by atoms with Gasteiger partial charge in [-0.15, -0.1) is 0 Å². The molecule has 122 valence electrons. The van der Waals surface area contributed by atoms with E-state index in [0.29, 0.717) is 17.1 Å². The Bertz CT molecular complexity index is 685. The van der Waals surface area contributed by atoms with Crippen molar-refractivity contribution in [1.82, 2.24) is 0 Å². The van der Waals surface area contributed by atoms with Gasteiger partial charge in [0.15, 0.2) is 0 Å². The van der Waals surface area contributed by atoms with Crippen LogP contribution >= 0.6 is 0 Å². The van der Waals surface area contributed by atoms with Gasteiger partial charge in [0.05, 0.1) is 0 Å². The average Bonchev–Trinajstić information content (AvgIpc) is 2.60. The van der Waals surface area contributed by atoms with Crippen molar-refractivity contribution < 1.29 is 43.7 Å². The predicted octanol–water partition coefficient (Wildman–Crippen LogP) is -0.366. The second kappa shape index (κ2) is 8.52. The molecule has 0 aromatic heterocycles. The Labute approximate surface area is 145 Å². The Hall–Kier alpha value is -2.09. The molecular weight excluding hydrogens is 411 g/mol. The summed E-state index contributed by atoms with van der Waals surface area (Å²) in [5.74, 6) is 0.654. The van der Waals surface area contributed by atoms with Crippen molar-refractivity contribution in [2.24, 2.45) is 0 Å². The van der Waals surface area contributed by atoms with Gasteiger partial charge in [-0.2, -0.15) is 0 Å². The maximum atomic E-state index is 12.1. The Morgan fingerprint density at radius 3 is 2.39 bits per heavy atom. The van der Waals surface area contributed by atoms with Crippen molar-refractivity contribution in [3.8, 4) is 11.5 Å². The van der Waals surface area contributed by atoms with Gasteiger partial charge in [-0.05, 0) is 0 Å². The van der Waals surface area contributed by atoms with E-state index in [-0.39, 0.29) is 16.2 Å². The predicted molar refractivity (Wildman–Crippen MR) is 80.1 cm³/mol. The van der Waals surface area contributed by atoms with Crippen LogP contribution in [0.3, 0.4) is 0 Å². The second-order valence-electron chi connectivity index (χ2n) is 4.53. The number of hydrogen-bond acceptors (Lipinski definition) is 5. The molecule has 2 aromatic rings. The van der Waals surface area contributed by atoms with Crippen molar-refractivity contribution in [1.29, 1.82) is 0 Å². The first kappa shape index (κ1) is 17.3.